The van der Waals surface area contributed by atoms with Gasteiger partial charge in [0.2, 0.25) is 0 Å². The number of halogens is 1. The molecule has 0 radical (unpaired) electrons. The second-order valence-corrected chi connectivity index (χ2v) is 11.0. The lowest BCUT2D eigenvalue weighted by Gasteiger charge is -2.41. The lowest BCUT2D eigenvalue weighted by Crippen LogP contribution is -2.49. The van der Waals surface area contributed by atoms with Crippen molar-refractivity contribution in [3.63, 3.8) is 0 Å². The Hall–Kier alpha value is -2.64. The van der Waals surface area contributed by atoms with Crippen LogP contribution in [0.2, 0.25) is 0 Å². The first-order valence-corrected chi connectivity index (χ1v) is 14.0. The highest BCUT2D eigenvalue weighted by molar-refractivity contribution is 5.95. The molecule has 2 fully saturated rings. The summed E-state index contributed by atoms with van der Waals surface area (Å²) in [6.45, 7) is 4.44. The zero-order valence-corrected chi connectivity index (χ0v) is 24.7. The topological polar surface area (TPSA) is 60.5 Å². The number of piperidine rings is 1. The highest BCUT2D eigenvalue weighted by Gasteiger charge is 2.44. The largest absolute Gasteiger partial charge is 0.496 e. The van der Waals surface area contributed by atoms with Crippen molar-refractivity contribution >= 4 is 18.3 Å². The van der Waals surface area contributed by atoms with E-state index in [-0.39, 0.29) is 18.3 Å². The minimum absolute atomic E-state index is 0. The number of amides is 1. The second kappa shape index (κ2) is 12.7. The van der Waals surface area contributed by atoms with Crippen LogP contribution in [0.3, 0.4) is 0 Å². The molecule has 8 heteroatoms. The number of ether oxygens (including phenoxy) is 4. The Labute approximate surface area is 239 Å². The minimum Gasteiger partial charge on any atom is -0.496 e. The van der Waals surface area contributed by atoms with E-state index in [2.05, 4.69) is 16.7 Å². The van der Waals surface area contributed by atoms with Gasteiger partial charge in [0, 0.05) is 41.4 Å². The Morgan fingerprint density at radius 1 is 0.846 bits per heavy atom. The van der Waals surface area contributed by atoms with Crippen LogP contribution in [0.4, 0.5) is 0 Å². The third kappa shape index (κ3) is 5.66. The molecule has 2 saturated heterocycles. The van der Waals surface area contributed by atoms with E-state index in [1.54, 1.807) is 28.4 Å². The van der Waals surface area contributed by atoms with Crippen LogP contribution in [0.25, 0.3) is 0 Å². The fourth-order valence-electron chi connectivity index (χ4n) is 7.21. The minimum atomic E-state index is 0. The molecular formula is C31H43ClN2O5. The first-order valence-electron chi connectivity index (χ1n) is 14.0. The number of carbonyl (C=O) groups is 1. The van der Waals surface area contributed by atoms with E-state index >= 15 is 0 Å². The summed E-state index contributed by atoms with van der Waals surface area (Å²) in [6.07, 6.45) is 7.46. The fourth-order valence-corrected chi connectivity index (χ4v) is 7.21. The third-order valence-electron chi connectivity index (χ3n) is 8.88. The van der Waals surface area contributed by atoms with Crippen LogP contribution in [0, 0.1) is 5.92 Å². The van der Waals surface area contributed by atoms with Gasteiger partial charge in [0.15, 0.2) is 11.5 Å². The molecule has 0 spiro atoms. The van der Waals surface area contributed by atoms with E-state index < -0.39 is 0 Å². The van der Waals surface area contributed by atoms with Gasteiger partial charge in [-0.15, -0.1) is 12.4 Å². The zero-order valence-electron chi connectivity index (χ0n) is 23.9. The lowest BCUT2D eigenvalue weighted by atomic mass is 9.89. The summed E-state index contributed by atoms with van der Waals surface area (Å²) < 4.78 is 22.2. The SMILES string of the molecule is CCCN(CC1CC2CCC(C1)N2C(=O)c1ccc(OC)c(OC)c1)C1Cc2c(OC)ccc(OC)c2C1.Cl. The molecule has 2 heterocycles. The van der Waals surface area contributed by atoms with E-state index in [9.17, 15) is 4.79 Å². The molecule has 2 aromatic carbocycles. The maximum absolute atomic E-state index is 13.6. The summed E-state index contributed by atoms with van der Waals surface area (Å²) in [5.74, 6) is 3.90. The number of rotatable bonds is 10. The molecule has 2 atom stereocenters. The molecule has 7 nitrogen and oxygen atoms in total. The van der Waals surface area contributed by atoms with E-state index in [0.717, 1.165) is 69.5 Å². The monoisotopic (exact) mass is 558 g/mol. The molecule has 39 heavy (non-hydrogen) atoms. The van der Waals surface area contributed by atoms with E-state index in [0.29, 0.717) is 41.1 Å². The third-order valence-corrected chi connectivity index (χ3v) is 8.88. The molecule has 1 aliphatic carbocycles. The van der Waals surface area contributed by atoms with Gasteiger partial charge in [-0.25, -0.2) is 0 Å². The highest BCUT2D eigenvalue weighted by atomic mass is 35.5. The number of hydrogen-bond acceptors (Lipinski definition) is 6. The normalized spacial score (nSPS) is 21.9. The van der Waals surface area contributed by atoms with Crippen molar-refractivity contribution in [2.45, 2.75) is 70.0 Å². The van der Waals surface area contributed by atoms with Crippen LogP contribution in [-0.4, -0.2) is 75.4 Å². The number of nitrogens with zero attached hydrogens (tertiary/aromatic N) is 2. The van der Waals surface area contributed by atoms with Crippen molar-refractivity contribution < 1.29 is 23.7 Å². The van der Waals surface area contributed by atoms with Gasteiger partial charge in [-0.2, -0.15) is 0 Å². The van der Waals surface area contributed by atoms with Gasteiger partial charge in [-0.1, -0.05) is 6.92 Å². The number of hydrogen-bond donors (Lipinski definition) is 0. The van der Waals surface area contributed by atoms with Crippen molar-refractivity contribution in [3.8, 4) is 23.0 Å². The molecule has 2 aromatic rings. The first kappa shape index (κ1) is 29.3. The Morgan fingerprint density at radius 2 is 1.38 bits per heavy atom. The molecule has 2 unspecified atom stereocenters. The van der Waals surface area contributed by atoms with Crippen LogP contribution < -0.4 is 18.9 Å². The van der Waals surface area contributed by atoms with Crippen LogP contribution >= 0.6 is 12.4 Å². The standard InChI is InChI=1S/C31H42N2O5.ClH/c1-6-13-32(24-17-25-26(18-24)28(36-3)12-11-27(25)35-2)19-20-14-22-8-9-23(15-20)33(22)31(34)21-7-10-29(37-4)30(16-21)38-5;/h7,10-12,16,20,22-24H,6,8-9,13-15,17-19H2,1-5H3;1H. The zero-order chi connectivity index (χ0) is 26.8. The predicted octanol–water partition coefficient (Wildman–Crippen LogP) is 5.41. The van der Waals surface area contributed by atoms with Crippen molar-refractivity contribution in [1.29, 1.82) is 0 Å². The maximum Gasteiger partial charge on any atom is 0.254 e. The maximum atomic E-state index is 13.6. The number of carbonyl (C=O) groups excluding carboxylic acids is 1. The molecule has 0 saturated carbocycles. The number of fused-ring (bicyclic) bond motifs is 3. The van der Waals surface area contributed by atoms with Gasteiger partial charge in [-0.05, 0) is 87.7 Å². The van der Waals surface area contributed by atoms with E-state index in [4.69, 9.17) is 18.9 Å². The fraction of sp³-hybridized carbons (Fsp3) is 0.581. The van der Waals surface area contributed by atoms with Crippen LogP contribution in [0.5, 0.6) is 23.0 Å². The van der Waals surface area contributed by atoms with Gasteiger partial charge < -0.3 is 23.8 Å². The number of benzene rings is 2. The quantitative estimate of drug-likeness (QED) is 0.389. The molecule has 214 valence electrons. The summed E-state index contributed by atoms with van der Waals surface area (Å²) in [5.41, 5.74) is 3.28. The highest BCUT2D eigenvalue weighted by Crippen LogP contribution is 2.42. The van der Waals surface area contributed by atoms with Crippen LogP contribution in [-0.2, 0) is 12.8 Å². The van der Waals surface area contributed by atoms with Crippen LogP contribution in [0.15, 0.2) is 30.3 Å². The van der Waals surface area contributed by atoms with Gasteiger partial charge in [0.05, 0.1) is 28.4 Å². The summed E-state index contributed by atoms with van der Waals surface area (Å²) >= 11 is 0. The van der Waals surface area contributed by atoms with Crippen molar-refractivity contribution in [2.24, 2.45) is 5.92 Å². The Bertz CT molecular complexity index is 1110. The predicted molar refractivity (Wildman–Crippen MR) is 155 cm³/mol. The number of methoxy groups -OCH3 is 4. The van der Waals surface area contributed by atoms with Gasteiger partial charge in [0.1, 0.15) is 11.5 Å². The Balaban J connectivity index is 0.00000353. The van der Waals surface area contributed by atoms with E-state index in [1.807, 2.05) is 30.3 Å². The molecule has 2 aliphatic heterocycles. The van der Waals surface area contributed by atoms with Crippen molar-refractivity contribution in [1.82, 2.24) is 9.80 Å². The summed E-state index contributed by atoms with van der Waals surface area (Å²) in [6, 6.07) is 10.6. The summed E-state index contributed by atoms with van der Waals surface area (Å²) in [4.78, 5) is 18.5. The summed E-state index contributed by atoms with van der Waals surface area (Å²) in [5, 5.41) is 0. The Kier molecular flexibility index (Phi) is 9.55. The van der Waals surface area contributed by atoms with Crippen molar-refractivity contribution in [3.05, 3.63) is 47.0 Å². The second-order valence-electron chi connectivity index (χ2n) is 11.0. The first-order chi connectivity index (χ1) is 18.5. The molecular weight excluding hydrogens is 516 g/mol. The lowest BCUT2D eigenvalue weighted by molar-refractivity contribution is 0.0455. The Morgan fingerprint density at radius 3 is 1.90 bits per heavy atom. The van der Waals surface area contributed by atoms with Crippen LogP contribution in [0.1, 0.15) is 60.5 Å². The molecule has 2 bridgehead atoms. The van der Waals surface area contributed by atoms with Gasteiger partial charge >= 0.3 is 0 Å². The van der Waals surface area contributed by atoms with E-state index in [1.165, 1.54) is 11.1 Å². The molecule has 5 rings (SSSR count). The molecule has 3 aliphatic rings. The van der Waals surface area contributed by atoms with Crippen molar-refractivity contribution in [2.75, 3.05) is 41.5 Å². The smallest absolute Gasteiger partial charge is 0.254 e. The molecule has 0 aromatic heterocycles. The molecule has 0 N–H and O–H groups in total. The van der Waals surface area contributed by atoms with Gasteiger partial charge in [-0.3, -0.25) is 9.69 Å². The van der Waals surface area contributed by atoms with Gasteiger partial charge in [0.25, 0.3) is 5.91 Å². The average Bonchev–Trinajstić information content (AvgIpc) is 3.50. The molecule has 1 amide bonds. The summed E-state index contributed by atoms with van der Waals surface area (Å²) in [7, 11) is 6.74. The average molecular weight is 559 g/mol.